The lowest BCUT2D eigenvalue weighted by Crippen LogP contribution is -2.17. The van der Waals surface area contributed by atoms with Crippen LogP contribution in [0.2, 0.25) is 15.1 Å². The molecule has 0 saturated heterocycles. The van der Waals surface area contributed by atoms with E-state index in [1.807, 2.05) is 0 Å². The number of hydrogen-bond acceptors (Lipinski definition) is 3. The average Bonchev–Trinajstić information content (AvgIpc) is 2.82. The van der Waals surface area contributed by atoms with Crippen LogP contribution in [-0.4, -0.2) is 11.1 Å². The zero-order chi connectivity index (χ0) is 13.3. The van der Waals surface area contributed by atoms with Gasteiger partial charge in [0.1, 0.15) is 5.76 Å². The van der Waals surface area contributed by atoms with Gasteiger partial charge in [0.25, 0.3) is 0 Å². The zero-order valence-corrected chi connectivity index (χ0v) is 11.0. The van der Waals surface area contributed by atoms with E-state index in [1.54, 1.807) is 0 Å². The Labute approximate surface area is 117 Å². The first-order chi connectivity index (χ1) is 8.52. The summed E-state index contributed by atoms with van der Waals surface area (Å²) in [6.07, 6.45) is 0. The Bertz CT molecular complexity index is 610. The zero-order valence-electron chi connectivity index (χ0n) is 8.71. The van der Waals surface area contributed by atoms with Crippen LogP contribution in [0.25, 0.3) is 11.3 Å². The highest BCUT2D eigenvalue weighted by molar-refractivity contribution is 6.44. The highest BCUT2D eigenvalue weighted by Gasteiger charge is 2.14. The van der Waals surface area contributed by atoms with Crippen molar-refractivity contribution in [3.63, 3.8) is 0 Å². The van der Waals surface area contributed by atoms with E-state index in [-0.39, 0.29) is 5.76 Å². The van der Waals surface area contributed by atoms with E-state index >= 15 is 0 Å². The van der Waals surface area contributed by atoms with Crippen LogP contribution in [0.5, 0.6) is 0 Å². The number of halogens is 3. The van der Waals surface area contributed by atoms with Gasteiger partial charge in [0.05, 0.1) is 15.1 Å². The Hall–Kier alpha value is -1.20. The third kappa shape index (κ3) is 2.47. The quantitative estimate of drug-likeness (QED) is 0.500. The van der Waals surface area contributed by atoms with Crippen molar-refractivity contribution < 1.29 is 14.4 Å². The molecule has 0 spiro atoms. The van der Waals surface area contributed by atoms with Gasteiger partial charge in [-0.25, -0.2) is 5.48 Å². The number of hydroxylamine groups is 1. The van der Waals surface area contributed by atoms with Crippen LogP contribution in [0, 0.1) is 0 Å². The summed E-state index contributed by atoms with van der Waals surface area (Å²) in [6.45, 7) is 0. The molecule has 1 heterocycles. The summed E-state index contributed by atoms with van der Waals surface area (Å²) in [7, 11) is 0. The summed E-state index contributed by atoms with van der Waals surface area (Å²) in [4.78, 5) is 11.1. The highest BCUT2D eigenvalue weighted by atomic mass is 35.5. The molecule has 7 heteroatoms. The Morgan fingerprint density at radius 1 is 1.11 bits per heavy atom. The predicted octanol–water partition coefficient (Wildman–Crippen LogP) is 4.03. The number of hydrogen-bond donors (Lipinski definition) is 2. The maximum Gasteiger partial charge on any atom is 0.310 e. The first-order valence-electron chi connectivity index (χ1n) is 4.72. The Morgan fingerprint density at radius 2 is 1.78 bits per heavy atom. The van der Waals surface area contributed by atoms with Crippen molar-refractivity contribution in [2.45, 2.75) is 0 Å². The molecule has 0 saturated carbocycles. The van der Waals surface area contributed by atoms with Crippen molar-refractivity contribution >= 4 is 40.7 Å². The largest absolute Gasteiger partial charge is 0.451 e. The number of benzene rings is 1. The summed E-state index contributed by atoms with van der Waals surface area (Å²) >= 11 is 17.7. The van der Waals surface area contributed by atoms with Gasteiger partial charge in [-0.2, -0.15) is 0 Å². The Morgan fingerprint density at radius 3 is 2.44 bits per heavy atom. The maximum absolute atomic E-state index is 11.1. The van der Waals surface area contributed by atoms with E-state index in [1.165, 1.54) is 29.7 Å². The summed E-state index contributed by atoms with van der Waals surface area (Å²) in [5.74, 6) is -0.454. The van der Waals surface area contributed by atoms with E-state index in [9.17, 15) is 4.79 Å². The summed E-state index contributed by atoms with van der Waals surface area (Å²) in [5, 5.41) is 9.47. The van der Waals surface area contributed by atoms with Gasteiger partial charge in [-0.05, 0) is 24.3 Å². The Balaban J connectivity index is 2.46. The molecule has 18 heavy (non-hydrogen) atoms. The van der Waals surface area contributed by atoms with Crippen LogP contribution in [0.15, 0.2) is 28.7 Å². The van der Waals surface area contributed by atoms with Crippen LogP contribution in [-0.2, 0) is 0 Å². The van der Waals surface area contributed by atoms with Gasteiger partial charge < -0.3 is 4.42 Å². The highest BCUT2D eigenvalue weighted by Crippen LogP contribution is 2.35. The molecule has 0 aliphatic rings. The van der Waals surface area contributed by atoms with Crippen LogP contribution < -0.4 is 5.48 Å². The lowest BCUT2D eigenvalue weighted by molar-refractivity contribution is 0.0677. The molecule has 0 fully saturated rings. The second kappa shape index (κ2) is 5.20. The molecule has 1 amide bonds. The third-order valence-electron chi connectivity index (χ3n) is 2.21. The van der Waals surface area contributed by atoms with E-state index in [0.29, 0.717) is 26.4 Å². The molecular weight excluding hydrogens is 300 g/mol. The first kappa shape index (κ1) is 13.2. The minimum atomic E-state index is -0.752. The van der Waals surface area contributed by atoms with E-state index in [2.05, 4.69) is 0 Å². The normalized spacial score (nSPS) is 10.4. The molecule has 0 aliphatic heterocycles. The molecule has 2 N–H and O–H groups in total. The fraction of sp³-hybridized carbons (Fsp3) is 0. The van der Waals surface area contributed by atoms with Crippen LogP contribution in [0.4, 0.5) is 0 Å². The van der Waals surface area contributed by atoms with Crippen molar-refractivity contribution in [3.8, 4) is 11.3 Å². The number of rotatable bonds is 2. The molecular formula is C11H6Cl3NO3. The van der Waals surface area contributed by atoms with E-state index < -0.39 is 5.91 Å². The molecule has 0 radical (unpaired) electrons. The molecule has 1 aromatic carbocycles. The number of carbonyl (C=O) groups excluding carboxylic acids is 1. The second-order valence-electron chi connectivity index (χ2n) is 3.35. The number of furan rings is 1. The molecule has 0 unspecified atom stereocenters. The molecule has 0 bridgehead atoms. The van der Waals surface area contributed by atoms with Crippen molar-refractivity contribution in [2.24, 2.45) is 0 Å². The number of amides is 1. The fourth-order valence-corrected chi connectivity index (χ4v) is 2.01. The average molecular weight is 307 g/mol. The fourth-order valence-electron chi connectivity index (χ4n) is 1.37. The molecule has 1 aromatic heterocycles. The first-order valence-corrected chi connectivity index (χ1v) is 5.85. The van der Waals surface area contributed by atoms with E-state index in [0.717, 1.165) is 0 Å². The van der Waals surface area contributed by atoms with Gasteiger partial charge in [-0.3, -0.25) is 10.0 Å². The molecule has 2 rings (SSSR count). The van der Waals surface area contributed by atoms with Gasteiger partial charge in [0, 0.05) is 5.56 Å². The van der Waals surface area contributed by atoms with Crippen LogP contribution in [0.3, 0.4) is 0 Å². The maximum atomic E-state index is 11.1. The van der Waals surface area contributed by atoms with Gasteiger partial charge in [0.15, 0.2) is 5.76 Å². The Kier molecular flexibility index (Phi) is 3.82. The molecule has 0 atom stereocenters. The summed E-state index contributed by atoms with van der Waals surface area (Å²) < 4.78 is 5.24. The van der Waals surface area contributed by atoms with E-state index in [4.69, 9.17) is 44.4 Å². The third-order valence-corrected chi connectivity index (χ3v) is 3.24. The minimum absolute atomic E-state index is 0.0466. The summed E-state index contributed by atoms with van der Waals surface area (Å²) in [6, 6.07) is 5.95. The topological polar surface area (TPSA) is 62.5 Å². The lowest BCUT2D eigenvalue weighted by Gasteiger charge is -2.03. The second-order valence-corrected chi connectivity index (χ2v) is 4.57. The number of nitrogens with one attached hydrogen (secondary N) is 1. The van der Waals surface area contributed by atoms with Crippen molar-refractivity contribution in [2.75, 3.05) is 0 Å². The molecule has 2 aromatic rings. The van der Waals surface area contributed by atoms with Gasteiger partial charge in [0.2, 0.25) is 0 Å². The SMILES string of the molecule is O=C(NO)c1ccc(-c2cc(Cl)c(Cl)cc2Cl)o1. The van der Waals surface area contributed by atoms with Crippen molar-refractivity contribution in [3.05, 3.63) is 45.1 Å². The van der Waals surface area contributed by atoms with Crippen molar-refractivity contribution in [1.29, 1.82) is 0 Å². The molecule has 0 aliphatic carbocycles. The van der Waals surface area contributed by atoms with Crippen LogP contribution in [0.1, 0.15) is 10.6 Å². The number of carbonyl (C=O) groups is 1. The van der Waals surface area contributed by atoms with Gasteiger partial charge in [-0.15, -0.1) is 0 Å². The molecule has 4 nitrogen and oxygen atoms in total. The minimum Gasteiger partial charge on any atom is -0.451 e. The monoisotopic (exact) mass is 305 g/mol. The lowest BCUT2D eigenvalue weighted by atomic mass is 10.2. The van der Waals surface area contributed by atoms with Crippen LogP contribution >= 0.6 is 34.8 Å². The smallest absolute Gasteiger partial charge is 0.310 e. The van der Waals surface area contributed by atoms with Crippen molar-refractivity contribution in [1.82, 2.24) is 5.48 Å². The standard InChI is InChI=1S/C11H6Cl3NO3/c12-6-4-8(14)7(13)3-5(6)9-1-2-10(18-9)11(16)15-17/h1-4,17H,(H,15,16). The van der Waals surface area contributed by atoms with Gasteiger partial charge in [-0.1, -0.05) is 34.8 Å². The summed E-state index contributed by atoms with van der Waals surface area (Å²) in [5.41, 5.74) is 1.97. The predicted molar refractivity (Wildman–Crippen MR) is 68.4 cm³/mol. The van der Waals surface area contributed by atoms with Gasteiger partial charge >= 0.3 is 5.91 Å². The molecule has 94 valence electrons.